The van der Waals surface area contributed by atoms with Gasteiger partial charge in [0.1, 0.15) is 18.2 Å². The van der Waals surface area contributed by atoms with Gasteiger partial charge in [-0.3, -0.25) is 0 Å². The molecule has 0 saturated heterocycles. The Balaban J connectivity index is 1.55. The maximum atomic E-state index is 6.76. The van der Waals surface area contributed by atoms with Gasteiger partial charge in [-0.25, -0.2) is 4.57 Å². The minimum atomic E-state index is 0.165. The molecule has 0 atom stereocenters. The van der Waals surface area contributed by atoms with E-state index in [1.54, 1.807) is 0 Å². The van der Waals surface area contributed by atoms with Gasteiger partial charge in [-0.15, -0.1) is 0 Å². The molecule has 2 heteroatoms. The van der Waals surface area contributed by atoms with Crippen LogP contribution in [0.5, 0.6) is 0 Å². The van der Waals surface area contributed by atoms with Crippen LogP contribution in [0, 0.1) is 20.8 Å². The number of fused-ring (bicyclic) bond motifs is 8. The first-order chi connectivity index (χ1) is 16.5. The molecule has 3 aromatic carbocycles. The molecule has 2 aliphatic carbocycles. The van der Waals surface area contributed by atoms with Crippen LogP contribution in [-0.4, -0.2) is 0 Å². The summed E-state index contributed by atoms with van der Waals surface area (Å²) in [5.41, 5.74) is 14.3. The summed E-state index contributed by atoms with van der Waals surface area (Å²) in [5.74, 6) is 0. The van der Waals surface area contributed by atoms with Crippen molar-refractivity contribution in [2.75, 3.05) is 0 Å². The summed E-state index contributed by atoms with van der Waals surface area (Å²) in [6, 6.07) is 20.7. The van der Waals surface area contributed by atoms with Crippen molar-refractivity contribution in [1.29, 1.82) is 0 Å². The fourth-order valence-electron chi connectivity index (χ4n) is 6.85. The second-order valence-corrected chi connectivity index (χ2v) is 10.6. The van der Waals surface area contributed by atoms with Crippen LogP contribution in [0.1, 0.15) is 53.5 Å². The maximum Gasteiger partial charge on any atom is 0.216 e. The lowest BCUT2D eigenvalue weighted by Crippen LogP contribution is -2.31. The molecule has 0 bridgehead atoms. The number of aryl methyl sites for hydroxylation is 4. The molecule has 0 N–H and O–H groups in total. The third kappa shape index (κ3) is 2.49. The van der Waals surface area contributed by atoms with Gasteiger partial charge in [-0.1, -0.05) is 49.2 Å². The van der Waals surface area contributed by atoms with E-state index in [0.29, 0.717) is 0 Å². The third-order valence-corrected chi connectivity index (χ3v) is 8.69. The van der Waals surface area contributed by atoms with E-state index in [0.717, 1.165) is 11.2 Å². The van der Waals surface area contributed by atoms with Crippen LogP contribution < -0.4 is 4.57 Å². The molecule has 2 aliphatic rings. The zero-order chi connectivity index (χ0) is 23.2. The third-order valence-electron chi connectivity index (χ3n) is 8.69. The van der Waals surface area contributed by atoms with Crippen molar-refractivity contribution in [2.45, 2.75) is 51.9 Å². The molecular weight excluding hydrogens is 414 g/mol. The van der Waals surface area contributed by atoms with Gasteiger partial charge in [0.2, 0.25) is 5.69 Å². The molecule has 2 aromatic heterocycles. The van der Waals surface area contributed by atoms with Crippen molar-refractivity contribution in [2.24, 2.45) is 7.05 Å². The first-order valence-corrected chi connectivity index (χ1v) is 12.6. The quantitative estimate of drug-likeness (QED) is 0.241. The molecule has 0 radical (unpaired) electrons. The van der Waals surface area contributed by atoms with E-state index < -0.39 is 0 Å². The van der Waals surface area contributed by atoms with Gasteiger partial charge < -0.3 is 4.42 Å². The number of nitrogens with zero attached hydrogens (tertiary/aromatic N) is 1. The molecule has 1 fully saturated rings. The van der Waals surface area contributed by atoms with Gasteiger partial charge >= 0.3 is 0 Å². The minimum Gasteiger partial charge on any atom is -0.455 e. The molecule has 0 amide bonds. The summed E-state index contributed by atoms with van der Waals surface area (Å²) < 4.78 is 8.99. The molecule has 0 unspecified atom stereocenters. The molecular formula is C32H30NO+. The molecule has 1 saturated carbocycles. The van der Waals surface area contributed by atoms with E-state index >= 15 is 0 Å². The normalized spacial score (nSPS) is 16.0. The van der Waals surface area contributed by atoms with Gasteiger partial charge in [-0.2, -0.15) is 0 Å². The second-order valence-electron chi connectivity index (χ2n) is 10.6. The average molecular weight is 445 g/mol. The largest absolute Gasteiger partial charge is 0.455 e. The van der Waals surface area contributed by atoms with Crippen molar-refractivity contribution in [3.8, 4) is 22.4 Å². The highest BCUT2D eigenvalue weighted by Crippen LogP contribution is 2.58. The Kier molecular flexibility index (Phi) is 4.02. The van der Waals surface area contributed by atoms with Crippen LogP contribution in [-0.2, 0) is 12.5 Å². The molecule has 0 aliphatic heterocycles. The predicted molar refractivity (Wildman–Crippen MR) is 139 cm³/mol. The number of benzene rings is 3. The van der Waals surface area contributed by atoms with Gasteiger partial charge in [0.25, 0.3) is 0 Å². The van der Waals surface area contributed by atoms with E-state index in [-0.39, 0.29) is 5.41 Å². The summed E-state index contributed by atoms with van der Waals surface area (Å²) in [7, 11) is 2.14. The topological polar surface area (TPSA) is 17.0 Å². The van der Waals surface area contributed by atoms with Crippen molar-refractivity contribution < 1.29 is 8.98 Å². The zero-order valence-electron chi connectivity index (χ0n) is 20.5. The highest BCUT2D eigenvalue weighted by molar-refractivity contribution is 6.11. The molecule has 7 rings (SSSR count). The monoisotopic (exact) mass is 444 g/mol. The van der Waals surface area contributed by atoms with Crippen molar-refractivity contribution in [3.63, 3.8) is 0 Å². The Labute approximate surface area is 200 Å². The second kappa shape index (κ2) is 6.82. The number of rotatable bonds is 1. The van der Waals surface area contributed by atoms with Crippen LogP contribution in [0.15, 0.2) is 65.2 Å². The number of pyridine rings is 1. The molecule has 168 valence electrons. The molecule has 1 spiro atoms. The summed E-state index contributed by atoms with van der Waals surface area (Å²) >= 11 is 0. The SMILES string of the molecule is Cc1cc(-c2c(C)ccc3c2oc2cc4c(cc23)-c2ccccc2C42CCCC2)[n+](C)cc1C. The van der Waals surface area contributed by atoms with Crippen LogP contribution in [0.25, 0.3) is 44.3 Å². The lowest BCUT2D eigenvalue weighted by Gasteiger charge is -2.26. The summed E-state index contributed by atoms with van der Waals surface area (Å²) in [6.07, 6.45) is 7.31. The fraction of sp³-hybridized carbons (Fsp3) is 0.281. The van der Waals surface area contributed by atoms with E-state index in [1.807, 2.05) is 0 Å². The Morgan fingerprint density at radius 1 is 0.765 bits per heavy atom. The Bertz CT molecular complexity index is 1650. The lowest BCUT2D eigenvalue weighted by atomic mass is 9.77. The van der Waals surface area contributed by atoms with Crippen LogP contribution in [0.3, 0.4) is 0 Å². The van der Waals surface area contributed by atoms with Crippen LogP contribution in [0.2, 0.25) is 0 Å². The number of aromatic nitrogens is 1. The number of hydrogen-bond donors (Lipinski definition) is 0. The van der Waals surface area contributed by atoms with Gasteiger partial charge in [0.15, 0.2) is 6.20 Å². The Morgan fingerprint density at radius 3 is 2.38 bits per heavy atom. The summed E-state index contributed by atoms with van der Waals surface area (Å²) in [6.45, 7) is 6.56. The highest BCUT2D eigenvalue weighted by Gasteiger charge is 2.45. The summed E-state index contributed by atoms with van der Waals surface area (Å²) in [4.78, 5) is 0. The van der Waals surface area contributed by atoms with E-state index in [1.165, 1.54) is 86.7 Å². The molecule has 5 aromatic rings. The number of furan rings is 1. The van der Waals surface area contributed by atoms with E-state index in [9.17, 15) is 0 Å². The van der Waals surface area contributed by atoms with Crippen LogP contribution >= 0.6 is 0 Å². The van der Waals surface area contributed by atoms with Gasteiger partial charge in [0.05, 0.1) is 5.56 Å². The first-order valence-electron chi connectivity index (χ1n) is 12.6. The molecule has 2 heterocycles. The molecule has 2 nitrogen and oxygen atoms in total. The van der Waals surface area contributed by atoms with Gasteiger partial charge in [0, 0.05) is 27.8 Å². The highest BCUT2D eigenvalue weighted by atomic mass is 16.3. The Morgan fingerprint density at radius 2 is 1.56 bits per heavy atom. The fourth-order valence-corrected chi connectivity index (χ4v) is 6.85. The number of hydrogen-bond acceptors (Lipinski definition) is 1. The van der Waals surface area contributed by atoms with Crippen molar-refractivity contribution >= 4 is 21.9 Å². The van der Waals surface area contributed by atoms with E-state index in [2.05, 4.69) is 93.2 Å². The average Bonchev–Trinajstić information content (AvgIpc) is 3.52. The standard InChI is InChI=1S/C32H30NO/c1-19-11-12-23-25-16-24-22-9-5-6-10-26(22)32(13-7-8-14-32)27(24)17-29(25)34-31(23)30(19)28-15-20(2)21(3)18-33(28)4/h5-6,9-12,15-18H,7-8,13-14H2,1-4H3/q+1. The lowest BCUT2D eigenvalue weighted by molar-refractivity contribution is -0.660. The maximum absolute atomic E-state index is 6.76. The first kappa shape index (κ1) is 20.0. The smallest absolute Gasteiger partial charge is 0.216 e. The van der Waals surface area contributed by atoms with Crippen molar-refractivity contribution in [1.82, 2.24) is 0 Å². The van der Waals surface area contributed by atoms with Crippen LogP contribution in [0.4, 0.5) is 0 Å². The van der Waals surface area contributed by atoms with E-state index in [4.69, 9.17) is 4.42 Å². The van der Waals surface area contributed by atoms with Gasteiger partial charge in [-0.05, 0) is 79.1 Å². The predicted octanol–water partition coefficient (Wildman–Crippen LogP) is 7.84. The Hall–Kier alpha value is -3.39. The zero-order valence-corrected chi connectivity index (χ0v) is 20.5. The minimum absolute atomic E-state index is 0.165. The van der Waals surface area contributed by atoms with Crippen molar-refractivity contribution in [3.05, 3.63) is 88.6 Å². The molecule has 34 heavy (non-hydrogen) atoms. The summed E-state index contributed by atoms with van der Waals surface area (Å²) in [5, 5.41) is 2.44.